The van der Waals surface area contributed by atoms with Crippen molar-refractivity contribution in [1.82, 2.24) is 14.6 Å². The first kappa shape index (κ1) is 12.7. The largest absolute Gasteiger partial charge is 0.370 e. The topological polar surface area (TPSA) is 66.0 Å². The molecule has 2 heterocycles. The van der Waals surface area contributed by atoms with Gasteiger partial charge in [-0.05, 0) is 12.8 Å². The fourth-order valence-electron chi connectivity index (χ4n) is 1.90. The summed E-state index contributed by atoms with van der Waals surface area (Å²) in [5.74, 6) is 1.07. The van der Waals surface area contributed by atoms with Gasteiger partial charge < -0.3 is 5.32 Å². The fourth-order valence-corrected chi connectivity index (χ4v) is 2.09. The van der Waals surface area contributed by atoms with E-state index in [0.717, 1.165) is 22.7 Å². The van der Waals surface area contributed by atoms with E-state index in [-0.39, 0.29) is 12.5 Å². The van der Waals surface area contributed by atoms with Crippen LogP contribution < -0.4 is 5.32 Å². The molecule has 2 rings (SSSR count). The zero-order valence-corrected chi connectivity index (χ0v) is 11.3. The molecule has 0 unspecified atom stereocenters. The van der Waals surface area contributed by atoms with Crippen molar-refractivity contribution < 1.29 is 0 Å². The van der Waals surface area contributed by atoms with Crippen LogP contribution in [-0.2, 0) is 0 Å². The van der Waals surface area contributed by atoms with Gasteiger partial charge in [0, 0.05) is 6.07 Å². The van der Waals surface area contributed by atoms with Crippen molar-refractivity contribution in [3.05, 3.63) is 22.7 Å². The molecule has 0 amide bonds. The summed E-state index contributed by atoms with van der Waals surface area (Å²) in [6, 6.07) is 3.78. The van der Waals surface area contributed by atoms with Crippen molar-refractivity contribution in [3.8, 4) is 6.07 Å². The molecule has 0 bridgehead atoms. The number of imidazole rings is 1. The second-order valence-electron chi connectivity index (χ2n) is 4.35. The fraction of sp³-hybridized carbons (Fsp3) is 0.417. The number of hydrogen-bond donors (Lipinski definition) is 1. The summed E-state index contributed by atoms with van der Waals surface area (Å²) in [4.78, 5) is 4.52. The van der Waals surface area contributed by atoms with E-state index < -0.39 is 0 Å². The van der Waals surface area contributed by atoms with Crippen LogP contribution in [0.15, 0.2) is 6.07 Å². The number of halogens is 1. The Morgan fingerprint density at radius 3 is 2.89 bits per heavy atom. The normalized spacial score (nSPS) is 10.9. The number of fused-ring (bicyclic) bond motifs is 1. The van der Waals surface area contributed by atoms with Crippen LogP contribution in [0, 0.1) is 18.3 Å². The Morgan fingerprint density at radius 2 is 2.28 bits per heavy atom. The number of aromatic nitrogens is 3. The molecule has 1 N–H and O–H groups in total. The number of nitrogens with one attached hydrogen (secondary N) is 1. The highest BCUT2D eigenvalue weighted by Gasteiger charge is 2.16. The Hall–Kier alpha value is -1.80. The summed E-state index contributed by atoms with van der Waals surface area (Å²) in [5, 5.41) is 16.3. The third-order valence-electron chi connectivity index (χ3n) is 2.66. The molecule has 6 heteroatoms. The zero-order chi connectivity index (χ0) is 13.3. The predicted molar refractivity (Wildman–Crippen MR) is 70.9 cm³/mol. The lowest BCUT2D eigenvalue weighted by Gasteiger charge is -2.08. The van der Waals surface area contributed by atoms with Crippen LogP contribution in [0.3, 0.4) is 0 Å². The lowest BCUT2D eigenvalue weighted by Crippen LogP contribution is -2.04. The summed E-state index contributed by atoms with van der Waals surface area (Å²) in [6.45, 7) is 6.25. The number of aryl methyl sites for hydroxylation is 1. The van der Waals surface area contributed by atoms with Crippen LogP contribution in [0.4, 0.5) is 5.69 Å². The summed E-state index contributed by atoms with van der Waals surface area (Å²) in [5.41, 5.74) is 2.64. The van der Waals surface area contributed by atoms with E-state index in [1.807, 2.05) is 6.92 Å². The van der Waals surface area contributed by atoms with Crippen molar-refractivity contribution >= 4 is 22.8 Å². The highest BCUT2D eigenvalue weighted by Crippen LogP contribution is 2.28. The Bertz CT molecular complexity index is 623. The maximum absolute atomic E-state index is 8.67. The molecule has 0 aliphatic carbocycles. The van der Waals surface area contributed by atoms with Gasteiger partial charge in [0.2, 0.25) is 0 Å². The average Bonchev–Trinajstić information content (AvgIpc) is 2.64. The second-order valence-corrected chi connectivity index (χ2v) is 4.74. The maximum Gasteiger partial charge on any atom is 0.152 e. The molecule has 0 saturated heterocycles. The van der Waals surface area contributed by atoms with E-state index >= 15 is 0 Å². The summed E-state index contributed by atoms with van der Waals surface area (Å²) < 4.78 is 1.72. The number of nitriles is 1. The molecular formula is C12H14ClN5. The van der Waals surface area contributed by atoms with Crippen LogP contribution >= 0.6 is 11.6 Å². The molecule has 5 nitrogen and oxygen atoms in total. The first-order chi connectivity index (χ1) is 8.54. The number of rotatable bonds is 3. The van der Waals surface area contributed by atoms with Gasteiger partial charge in [0.05, 0.1) is 17.5 Å². The average molecular weight is 264 g/mol. The molecule has 0 aliphatic rings. The lowest BCUT2D eigenvalue weighted by molar-refractivity contribution is 0.834. The van der Waals surface area contributed by atoms with Gasteiger partial charge in [0.1, 0.15) is 17.9 Å². The van der Waals surface area contributed by atoms with Crippen molar-refractivity contribution in [2.24, 2.45) is 0 Å². The highest BCUT2D eigenvalue weighted by atomic mass is 35.5. The molecule has 0 spiro atoms. The van der Waals surface area contributed by atoms with Gasteiger partial charge in [-0.1, -0.05) is 25.4 Å². The van der Waals surface area contributed by atoms with Crippen molar-refractivity contribution in [2.45, 2.75) is 26.7 Å². The third-order valence-corrected chi connectivity index (χ3v) is 2.85. The molecule has 0 radical (unpaired) electrons. The lowest BCUT2D eigenvalue weighted by atomic mass is 10.1. The summed E-state index contributed by atoms with van der Waals surface area (Å²) in [6.07, 6.45) is 0. The van der Waals surface area contributed by atoms with E-state index in [9.17, 15) is 0 Å². The van der Waals surface area contributed by atoms with Gasteiger partial charge in [-0.2, -0.15) is 10.4 Å². The van der Waals surface area contributed by atoms with Crippen molar-refractivity contribution in [3.63, 3.8) is 0 Å². The molecule has 0 saturated carbocycles. The van der Waals surface area contributed by atoms with Crippen molar-refractivity contribution in [2.75, 3.05) is 11.9 Å². The van der Waals surface area contributed by atoms with Gasteiger partial charge in [0.15, 0.2) is 5.15 Å². The smallest absolute Gasteiger partial charge is 0.152 e. The molecule has 0 aromatic carbocycles. The van der Waals surface area contributed by atoms with Gasteiger partial charge in [0.25, 0.3) is 0 Å². The third kappa shape index (κ3) is 2.12. The predicted octanol–water partition coefficient (Wildman–Crippen LogP) is 2.75. The molecule has 2 aromatic heterocycles. The molecule has 0 fully saturated rings. The van der Waals surface area contributed by atoms with Gasteiger partial charge in [-0.15, -0.1) is 0 Å². The number of anilines is 1. The van der Waals surface area contributed by atoms with Crippen LogP contribution in [-0.4, -0.2) is 21.1 Å². The van der Waals surface area contributed by atoms with Gasteiger partial charge in [-0.25, -0.2) is 9.50 Å². The SMILES string of the molecule is Cc1nc(C(C)C)c2c(NCC#N)cc(Cl)nn12. The van der Waals surface area contributed by atoms with Crippen LogP contribution in [0.1, 0.15) is 31.3 Å². The van der Waals surface area contributed by atoms with E-state index in [1.54, 1.807) is 10.6 Å². The first-order valence-corrected chi connectivity index (χ1v) is 6.09. The molecule has 94 valence electrons. The van der Waals surface area contributed by atoms with Crippen LogP contribution in [0.25, 0.3) is 5.52 Å². The minimum atomic E-state index is 0.220. The Balaban J connectivity index is 2.71. The second kappa shape index (κ2) is 4.83. The minimum Gasteiger partial charge on any atom is -0.370 e. The molecule has 0 aliphatic heterocycles. The standard InChI is InChI=1S/C12H14ClN5/c1-7(2)11-12-9(15-5-4-14)6-10(13)17-18(12)8(3)16-11/h6-7,15H,5H2,1-3H3. The van der Waals surface area contributed by atoms with Crippen LogP contribution in [0.5, 0.6) is 0 Å². The minimum absolute atomic E-state index is 0.220. The summed E-state index contributed by atoms with van der Waals surface area (Å²) >= 11 is 5.98. The van der Waals surface area contributed by atoms with Crippen molar-refractivity contribution in [1.29, 1.82) is 5.26 Å². The Morgan fingerprint density at radius 1 is 1.56 bits per heavy atom. The maximum atomic E-state index is 8.67. The van der Waals surface area contributed by atoms with E-state index in [0.29, 0.717) is 5.15 Å². The monoisotopic (exact) mass is 263 g/mol. The van der Waals surface area contributed by atoms with Gasteiger partial charge in [-0.3, -0.25) is 0 Å². The van der Waals surface area contributed by atoms with E-state index in [2.05, 4.69) is 35.3 Å². The van der Waals surface area contributed by atoms with Crippen LogP contribution in [0.2, 0.25) is 5.15 Å². The number of nitrogens with zero attached hydrogens (tertiary/aromatic N) is 4. The molecule has 18 heavy (non-hydrogen) atoms. The molecule has 2 aromatic rings. The Labute approximate surface area is 110 Å². The molecular weight excluding hydrogens is 250 g/mol. The quantitative estimate of drug-likeness (QED) is 0.865. The first-order valence-electron chi connectivity index (χ1n) is 5.71. The van der Waals surface area contributed by atoms with Gasteiger partial charge >= 0.3 is 0 Å². The summed E-state index contributed by atoms with van der Waals surface area (Å²) in [7, 11) is 0. The Kier molecular flexibility index (Phi) is 3.39. The zero-order valence-electron chi connectivity index (χ0n) is 10.5. The molecule has 0 atom stereocenters. The highest BCUT2D eigenvalue weighted by molar-refractivity contribution is 6.29. The number of hydrogen-bond acceptors (Lipinski definition) is 4. The van der Waals surface area contributed by atoms with E-state index in [1.165, 1.54) is 0 Å². The van der Waals surface area contributed by atoms with E-state index in [4.69, 9.17) is 16.9 Å².